The minimum absolute atomic E-state index is 0.125. The van der Waals surface area contributed by atoms with Crippen molar-refractivity contribution in [3.05, 3.63) is 22.2 Å². The molecule has 0 aromatic heterocycles. The molecule has 2 N–H and O–H groups in total. The highest BCUT2D eigenvalue weighted by molar-refractivity contribution is 5.68. The van der Waals surface area contributed by atoms with E-state index in [1.807, 2.05) is 6.92 Å². The van der Waals surface area contributed by atoms with Gasteiger partial charge in [0.15, 0.2) is 11.5 Å². The predicted octanol–water partition coefficient (Wildman–Crippen LogP) is 2.58. The van der Waals surface area contributed by atoms with Crippen LogP contribution >= 0.6 is 0 Å². The summed E-state index contributed by atoms with van der Waals surface area (Å²) in [7, 11) is 2.88. The van der Waals surface area contributed by atoms with Crippen LogP contribution in [0.25, 0.3) is 0 Å². The summed E-state index contributed by atoms with van der Waals surface area (Å²) in [5.74, 6) is 0.677. The van der Waals surface area contributed by atoms with Crippen LogP contribution in [-0.4, -0.2) is 36.4 Å². The maximum Gasteiger partial charge on any atom is 0.296 e. The van der Waals surface area contributed by atoms with E-state index in [0.717, 1.165) is 6.42 Å². The lowest BCUT2D eigenvalue weighted by molar-refractivity contribution is -0.384. The Morgan fingerprint density at radius 3 is 2.38 bits per heavy atom. The fraction of sp³-hybridized carbons (Fsp3) is 0.571. The summed E-state index contributed by atoms with van der Waals surface area (Å²) < 4.78 is 10.2. The third-order valence-corrected chi connectivity index (χ3v) is 3.15. The van der Waals surface area contributed by atoms with E-state index in [-0.39, 0.29) is 23.7 Å². The Morgan fingerprint density at radius 1 is 1.33 bits per heavy atom. The average Bonchev–Trinajstić information content (AvgIpc) is 2.43. The van der Waals surface area contributed by atoms with Gasteiger partial charge in [-0.2, -0.15) is 0 Å². The molecule has 7 heteroatoms. The van der Waals surface area contributed by atoms with Crippen LogP contribution in [0.2, 0.25) is 0 Å². The molecule has 0 radical (unpaired) electrons. The quantitative estimate of drug-likeness (QED) is 0.566. The predicted molar refractivity (Wildman–Crippen MR) is 80.2 cm³/mol. The molecule has 0 aliphatic rings. The summed E-state index contributed by atoms with van der Waals surface area (Å²) in [6.45, 7) is 3.86. The number of ether oxygens (including phenoxy) is 2. The van der Waals surface area contributed by atoms with E-state index in [1.165, 1.54) is 26.4 Å². The molecular formula is C14H22N2O5. The minimum atomic E-state index is -0.935. The summed E-state index contributed by atoms with van der Waals surface area (Å²) >= 11 is 0. The lowest BCUT2D eigenvalue weighted by Crippen LogP contribution is -2.33. The molecule has 0 saturated carbocycles. The van der Waals surface area contributed by atoms with Crippen molar-refractivity contribution in [2.24, 2.45) is 0 Å². The highest BCUT2D eigenvalue weighted by Gasteiger charge is 2.23. The number of aliphatic hydroxyl groups is 1. The molecule has 0 spiro atoms. The molecule has 1 aromatic rings. The van der Waals surface area contributed by atoms with Crippen LogP contribution in [0.15, 0.2) is 12.1 Å². The zero-order valence-electron chi connectivity index (χ0n) is 12.8. The fourth-order valence-electron chi connectivity index (χ4n) is 2.07. The van der Waals surface area contributed by atoms with Crippen LogP contribution in [0, 0.1) is 10.1 Å². The molecule has 1 aromatic carbocycles. The van der Waals surface area contributed by atoms with Crippen molar-refractivity contribution < 1.29 is 19.5 Å². The number of nitrogens with zero attached hydrogens (tertiary/aromatic N) is 1. The van der Waals surface area contributed by atoms with Gasteiger partial charge < -0.3 is 19.9 Å². The molecule has 0 bridgehead atoms. The first kappa shape index (κ1) is 17.0. The van der Waals surface area contributed by atoms with Gasteiger partial charge in [-0.25, -0.2) is 0 Å². The Morgan fingerprint density at radius 2 is 1.90 bits per heavy atom. The van der Waals surface area contributed by atoms with E-state index in [2.05, 4.69) is 5.32 Å². The highest BCUT2D eigenvalue weighted by atomic mass is 16.6. The molecule has 21 heavy (non-hydrogen) atoms. The molecule has 118 valence electrons. The van der Waals surface area contributed by atoms with Gasteiger partial charge in [0.05, 0.1) is 30.8 Å². The molecule has 0 aliphatic carbocycles. The minimum Gasteiger partial charge on any atom is -0.493 e. The molecule has 0 fully saturated rings. The monoisotopic (exact) mass is 298 g/mol. The average molecular weight is 298 g/mol. The van der Waals surface area contributed by atoms with E-state index >= 15 is 0 Å². The Kier molecular flexibility index (Phi) is 5.78. The summed E-state index contributed by atoms with van der Waals surface area (Å²) in [6.07, 6.45) is 1.42. The van der Waals surface area contributed by atoms with Gasteiger partial charge in [0.2, 0.25) is 0 Å². The Balaban J connectivity index is 3.07. The maximum absolute atomic E-state index is 11.1. The van der Waals surface area contributed by atoms with Crippen LogP contribution in [-0.2, 0) is 0 Å². The number of nitro groups is 1. The van der Waals surface area contributed by atoms with Crippen molar-refractivity contribution in [1.29, 1.82) is 0 Å². The number of nitrogens with one attached hydrogen (secondary N) is 1. The van der Waals surface area contributed by atoms with Crippen LogP contribution in [0.4, 0.5) is 11.4 Å². The van der Waals surface area contributed by atoms with Crippen molar-refractivity contribution in [3.63, 3.8) is 0 Å². The summed E-state index contributed by atoms with van der Waals surface area (Å²) in [6, 6.07) is 2.80. The molecule has 0 aliphatic heterocycles. The van der Waals surface area contributed by atoms with E-state index in [1.54, 1.807) is 6.92 Å². The van der Waals surface area contributed by atoms with Gasteiger partial charge in [-0.05, 0) is 13.3 Å². The first-order valence-corrected chi connectivity index (χ1v) is 6.71. The van der Waals surface area contributed by atoms with Gasteiger partial charge in [0.25, 0.3) is 5.69 Å². The SMILES string of the molecule is CCCC(C)(O)CNc1cc(OC)c(OC)cc1[N+](=O)[O-]. The van der Waals surface area contributed by atoms with Crippen LogP contribution < -0.4 is 14.8 Å². The molecule has 1 unspecified atom stereocenters. The van der Waals surface area contributed by atoms with Crippen molar-refractivity contribution in [1.82, 2.24) is 0 Å². The van der Waals surface area contributed by atoms with E-state index < -0.39 is 10.5 Å². The number of rotatable bonds is 8. The summed E-state index contributed by atoms with van der Waals surface area (Å²) in [5, 5.41) is 24.2. The van der Waals surface area contributed by atoms with Gasteiger partial charge in [0.1, 0.15) is 5.69 Å². The van der Waals surface area contributed by atoms with Crippen molar-refractivity contribution >= 4 is 11.4 Å². The van der Waals surface area contributed by atoms with Crippen LogP contribution in [0.3, 0.4) is 0 Å². The first-order valence-electron chi connectivity index (χ1n) is 6.71. The standard InChI is InChI=1S/C14H22N2O5/c1-5-6-14(2,17)9-15-10-7-12(20-3)13(21-4)8-11(10)16(18)19/h7-8,15,17H,5-6,9H2,1-4H3. The summed E-state index contributed by atoms with van der Waals surface area (Å²) in [5.41, 5.74) is -0.774. The number of nitro benzene ring substituents is 1. The van der Waals surface area contributed by atoms with Crippen LogP contribution in [0.5, 0.6) is 11.5 Å². The second kappa shape index (κ2) is 7.12. The number of hydrogen-bond acceptors (Lipinski definition) is 6. The largest absolute Gasteiger partial charge is 0.493 e. The molecule has 1 atom stereocenters. The Hall–Kier alpha value is -2.02. The third kappa shape index (κ3) is 4.49. The molecule has 7 nitrogen and oxygen atoms in total. The van der Waals surface area contributed by atoms with Gasteiger partial charge in [-0.15, -0.1) is 0 Å². The highest BCUT2D eigenvalue weighted by Crippen LogP contribution is 2.37. The number of benzene rings is 1. The molecule has 1 rings (SSSR count). The van der Waals surface area contributed by atoms with Gasteiger partial charge in [-0.3, -0.25) is 10.1 Å². The maximum atomic E-state index is 11.1. The topological polar surface area (TPSA) is 93.9 Å². The Labute approximate surface area is 124 Å². The van der Waals surface area contributed by atoms with E-state index in [0.29, 0.717) is 12.2 Å². The third-order valence-electron chi connectivity index (χ3n) is 3.15. The second-order valence-electron chi connectivity index (χ2n) is 5.08. The molecule has 0 heterocycles. The van der Waals surface area contributed by atoms with Crippen LogP contribution in [0.1, 0.15) is 26.7 Å². The van der Waals surface area contributed by atoms with Gasteiger partial charge in [-0.1, -0.05) is 13.3 Å². The zero-order chi connectivity index (χ0) is 16.0. The van der Waals surface area contributed by atoms with Crippen molar-refractivity contribution in [2.45, 2.75) is 32.3 Å². The van der Waals surface area contributed by atoms with Gasteiger partial charge >= 0.3 is 0 Å². The smallest absolute Gasteiger partial charge is 0.296 e. The fourth-order valence-corrected chi connectivity index (χ4v) is 2.07. The summed E-state index contributed by atoms with van der Waals surface area (Å²) in [4.78, 5) is 10.6. The zero-order valence-corrected chi connectivity index (χ0v) is 12.8. The van der Waals surface area contributed by atoms with Crippen molar-refractivity contribution in [3.8, 4) is 11.5 Å². The lowest BCUT2D eigenvalue weighted by atomic mass is 10.0. The number of hydrogen-bond donors (Lipinski definition) is 2. The lowest BCUT2D eigenvalue weighted by Gasteiger charge is -2.23. The van der Waals surface area contributed by atoms with E-state index in [9.17, 15) is 15.2 Å². The van der Waals surface area contributed by atoms with E-state index in [4.69, 9.17) is 9.47 Å². The molecule has 0 amide bonds. The van der Waals surface area contributed by atoms with Gasteiger partial charge in [0, 0.05) is 12.6 Å². The first-order chi connectivity index (χ1) is 9.84. The van der Waals surface area contributed by atoms with Crippen molar-refractivity contribution in [2.75, 3.05) is 26.1 Å². The molecule has 0 saturated heterocycles. The molecular weight excluding hydrogens is 276 g/mol. The second-order valence-corrected chi connectivity index (χ2v) is 5.08. The normalized spacial score (nSPS) is 13.4. The Bertz CT molecular complexity index is 502. The number of anilines is 1. The number of methoxy groups -OCH3 is 2.